The molecule has 7 heteroatoms. The van der Waals surface area contributed by atoms with Crippen LogP contribution in [-0.4, -0.2) is 28.6 Å². The summed E-state index contributed by atoms with van der Waals surface area (Å²) in [5, 5.41) is 10.5. The standard InChI is InChI=1S/C12H16N2O4S/c13-10(19)6-9(11(15)16)14-12(17)18-7-8-4-2-1-3-5-8/h1-5,9-10,19H,6-7,13H2,(H,14,17)(H,15,16). The van der Waals surface area contributed by atoms with E-state index in [1.165, 1.54) is 0 Å². The number of aliphatic carboxylic acids is 1. The number of rotatable bonds is 6. The second kappa shape index (κ2) is 7.65. The minimum absolute atomic E-state index is 0.0128. The van der Waals surface area contributed by atoms with Crippen molar-refractivity contribution in [1.29, 1.82) is 0 Å². The Bertz CT molecular complexity index is 425. The molecule has 0 saturated carbocycles. The Labute approximate surface area is 116 Å². The number of nitrogens with one attached hydrogen (secondary N) is 1. The van der Waals surface area contributed by atoms with Crippen LogP contribution in [0.1, 0.15) is 12.0 Å². The van der Waals surface area contributed by atoms with Gasteiger partial charge in [0.05, 0.1) is 5.37 Å². The normalized spacial score (nSPS) is 13.4. The topological polar surface area (TPSA) is 102 Å². The van der Waals surface area contributed by atoms with Gasteiger partial charge in [-0.15, -0.1) is 0 Å². The third kappa shape index (κ3) is 6.12. The molecule has 0 aromatic heterocycles. The van der Waals surface area contributed by atoms with Crippen LogP contribution in [0.3, 0.4) is 0 Å². The summed E-state index contributed by atoms with van der Waals surface area (Å²) in [6, 6.07) is 7.96. The fourth-order valence-electron chi connectivity index (χ4n) is 1.37. The molecule has 2 unspecified atom stereocenters. The third-order valence-electron chi connectivity index (χ3n) is 2.28. The third-order valence-corrected chi connectivity index (χ3v) is 2.49. The number of carbonyl (C=O) groups excluding carboxylic acids is 1. The van der Waals surface area contributed by atoms with Crippen LogP contribution in [0.2, 0.25) is 0 Å². The van der Waals surface area contributed by atoms with Crippen LogP contribution >= 0.6 is 12.6 Å². The molecule has 1 aromatic carbocycles. The highest BCUT2D eigenvalue weighted by atomic mass is 32.1. The minimum atomic E-state index is -1.18. The van der Waals surface area contributed by atoms with Crippen molar-refractivity contribution in [2.75, 3.05) is 0 Å². The zero-order valence-corrected chi connectivity index (χ0v) is 11.0. The molecule has 1 rings (SSSR count). The summed E-state index contributed by atoms with van der Waals surface area (Å²) in [6.45, 7) is 0.0753. The lowest BCUT2D eigenvalue weighted by atomic mass is 10.2. The predicted molar refractivity (Wildman–Crippen MR) is 72.8 cm³/mol. The van der Waals surface area contributed by atoms with Gasteiger partial charge in [0, 0.05) is 6.42 Å². The highest BCUT2D eigenvalue weighted by Crippen LogP contribution is 2.03. The molecule has 104 valence electrons. The van der Waals surface area contributed by atoms with E-state index in [1.54, 1.807) is 12.1 Å². The summed E-state index contributed by atoms with van der Waals surface area (Å²) in [4.78, 5) is 22.3. The Morgan fingerprint density at radius 3 is 2.53 bits per heavy atom. The average molecular weight is 284 g/mol. The van der Waals surface area contributed by atoms with Crippen molar-refractivity contribution in [3.63, 3.8) is 0 Å². The molecule has 4 N–H and O–H groups in total. The van der Waals surface area contributed by atoms with Crippen LogP contribution in [0.25, 0.3) is 0 Å². The van der Waals surface area contributed by atoms with Crippen molar-refractivity contribution in [3.8, 4) is 0 Å². The maximum absolute atomic E-state index is 11.5. The molecule has 2 atom stereocenters. The van der Waals surface area contributed by atoms with Crippen molar-refractivity contribution in [2.45, 2.75) is 24.4 Å². The van der Waals surface area contributed by atoms with Crippen molar-refractivity contribution in [3.05, 3.63) is 35.9 Å². The van der Waals surface area contributed by atoms with Crippen LogP contribution in [0, 0.1) is 0 Å². The number of hydrogen-bond donors (Lipinski definition) is 4. The van der Waals surface area contributed by atoms with Crippen LogP contribution < -0.4 is 11.1 Å². The summed E-state index contributed by atoms with van der Waals surface area (Å²) in [7, 11) is 0. The number of alkyl carbamates (subject to hydrolysis) is 1. The number of ether oxygens (including phenoxy) is 1. The smallest absolute Gasteiger partial charge is 0.408 e. The van der Waals surface area contributed by atoms with Gasteiger partial charge in [0.25, 0.3) is 0 Å². The van der Waals surface area contributed by atoms with E-state index in [4.69, 9.17) is 15.6 Å². The Morgan fingerprint density at radius 1 is 1.37 bits per heavy atom. The first kappa shape index (κ1) is 15.3. The van der Waals surface area contributed by atoms with Crippen LogP contribution in [0.4, 0.5) is 4.79 Å². The molecule has 19 heavy (non-hydrogen) atoms. The van der Waals surface area contributed by atoms with Gasteiger partial charge in [0.15, 0.2) is 0 Å². The number of carbonyl (C=O) groups is 2. The van der Waals surface area contributed by atoms with Gasteiger partial charge in [-0.3, -0.25) is 0 Å². The number of hydrogen-bond acceptors (Lipinski definition) is 5. The molecule has 0 fully saturated rings. The number of carboxylic acids is 1. The second-order valence-corrected chi connectivity index (χ2v) is 4.56. The van der Waals surface area contributed by atoms with Crippen molar-refractivity contribution >= 4 is 24.7 Å². The zero-order chi connectivity index (χ0) is 14.3. The van der Waals surface area contributed by atoms with E-state index in [9.17, 15) is 9.59 Å². The van der Waals surface area contributed by atoms with Gasteiger partial charge in [0.2, 0.25) is 0 Å². The average Bonchev–Trinajstić information content (AvgIpc) is 2.36. The number of amides is 1. The highest BCUT2D eigenvalue weighted by molar-refractivity contribution is 7.80. The zero-order valence-electron chi connectivity index (χ0n) is 10.2. The maximum Gasteiger partial charge on any atom is 0.408 e. The minimum Gasteiger partial charge on any atom is -0.480 e. The molecule has 1 aromatic rings. The van der Waals surface area contributed by atoms with E-state index < -0.39 is 23.5 Å². The first-order chi connectivity index (χ1) is 8.99. The van der Waals surface area contributed by atoms with Crippen LogP contribution in [0.5, 0.6) is 0 Å². The fraction of sp³-hybridized carbons (Fsp3) is 0.333. The molecular formula is C12H16N2O4S. The Hall–Kier alpha value is -1.73. The molecule has 6 nitrogen and oxygen atoms in total. The summed E-state index contributed by atoms with van der Waals surface area (Å²) in [6.07, 6.45) is -0.788. The maximum atomic E-state index is 11.5. The number of nitrogens with two attached hydrogens (primary N) is 1. The summed E-state index contributed by atoms with van der Waals surface area (Å²) >= 11 is 3.89. The van der Waals surface area contributed by atoms with Gasteiger partial charge in [-0.05, 0) is 5.56 Å². The molecule has 0 bridgehead atoms. The monoisotopic (exact) mass is 284 g/mol. The van der Waals surface area contributed by atoms with Gasteiger partial charge >= 0.3 is 12.1 Å². The van der Waals surface area contributed by atoms with Crippen molar-refractivity contribution < 1.29 is 19.4 Å². The molecule has 0 spiro atoms. The lowest BCUT2D eigenvalue weighted by molar-refractivity contribution is -0.139. The largest absolute Gasteiger partial charge is 0.480 e. The van der Waals surface area contributed by atoms with Crippen LogP contribution in [0.15, 0.2) is 30.3 Å². The van der Waals surface area contributed by atoms with E-state index in [0.717, 1.165) is 5.56 Å². The molecule has 0 aliphatic heterocycles. The summed E-state index contributed by atoms with van der Waals surface area (Å²) < 4.78 is 4.91. The molecule has 1 amide bonds. The van der Waals surface area contributed by atoms with E-state index in [2.05, 4.69) is 17.9 Å². The first-order valence-corrected chi connectivity index (χ1v) is 6.14. The lowest BCUT2D eigenvalue weighted by Crippen LogP contribution is -2.43. The van der Waals surface area contributed by atoms with Gasteiger partial charge in [-0.25, -0.2) is 9.59 Å². The van der Waals surface area contributed by atoms with E-state index in [0.29, 0.717) is 0 Å². The van der Waals surface area contributed by atoms with Gasteiger partial charge in [-0.1, -0.05) is 30.3 Å². The Kier molecular flexibility index (Phi) is 6.17. The number of thiol groups is 1. The number of carboxylic acid groups (broad SMARTS) is 1. The van der Waals surface area contributed by atoms with Crippen molar-refractivity contribution in [1.82, 2.24) is 5.32 Å². The van der Waals surface area contributed by atoms with E-state index in [-0.39, 0.29) is 13.0 Å². The predicted octanol–water partition coefficient (Wildman–Crippen LogP) is 0.971. The van der Waals surface area contributed by atoms with Crippen molar-refractivity contribution in [2.24, 2.45) is 5.73 Å². The van der Waals surface area contributed by atoms with Gasteiger partial charge < -0.3 is 20.9 Å². The molecule has 0 aliphatic carbocycles. The summed E-state index contributed by atoms with van der Waals surface area (Å²) in [5.74, 6) is -1.18. The molecular weight excluding hydrogens is 268 g/mol. The number of benzene rings is 1. The SMILES string of the molecule is NC(S)CC(NC(=O)OCc1ccccc1)C(=O)O. The highest BCUT2D eigenvalue weighted by Gasteiger charge is 2.22. The first-order valence-electron chi connectivity index (χ1n) is 5.62. The quantitative estimate of drug-likeness (QED) is 0.460. The molecule has 0 saturated heterocycles. The van der Waals surface area contributed by atoms with Gasteiger partial charge in [0.1, 0.15) is 12.6 Å². The fourth-order valence-corrected chi connectivity index (χ4v) is 1.58. The summed E-state index contributed by atoms with van der Waals surface area (Å²) in [5.41, 5.74) is 6.20. The molecule has 0 heterocycles. The van der Waals surface area contributed by atoms with E-state index in [1.807, 2.05) is 18.2 Å². The Morgan fingerprint density at radius 2 is 2.00 bits per heavy atom. The lowest BCUT2D eigenvalue weighted by Gasteiger charge is -2.15. The van der Waals surface area contributed by atoms with Gasteiger partial charge in [-0.2, -0.15) is 12.6 Å². The Balaban J connectivity index is 2.42. The van der Waals surface area contributed by atoms with Crippen LogP contribution in [-0.2, 0) is 16.1 Å². The second-order valence-electron chi connectivity index (χ2n) is 3.90. The molecule has 0 radical (unpaired) electrons. The van der Waals surface area contributed by atoms with E-state index >= 15 is 0 Å². The molecule has 0 aliphatic rings.